The number of hydrogen-bond donors (Lipinski definition) is 4. The Kier molecular flexibility index (Phi) is 36.5. The molecule has 0 spiro atoms. The van der Waals surface area contributed by atoms with Crippen LogP contribution in [0.2, 0.25) is 0 Å². The standard InChI is InChI=1S/C52H96NO12P/c1-6-8-10-11-12-13-14-15-16-17-18-19-20-21-22-23-24-25-26-27-29-34-51(58)62-42-46(43-64-66(60,61)63-39-38-53(3,4)5)65-52(59)35-31-30-33-45(55)40-48-47(49(56)41-50(48)57)37-36-44(54)32-28-9-7-2/h15-16,36-37,44,46-50,54,56-57H,6-14,17-35,38-43H2,1-5H3/p+1/b16-15-,37-36+/t44-,46+,47+,48+,49+,50-/m0/s1. The molecule has 1 unspecified atom stereocenters. The fourth-order valence-electron chi connectivity index (χ4n) is 8.24. The van der Waals surface area contributed by atoms with Gasteiger partial charge in [-0.05, 0) is 51.4 Å². The second kappa shape index (κ2) is 38.8. The second-order valence-corrected chi connectivity index (χ2v) is 21.3. The largest absolute Gasteiger partial charge is 0.472 e. The van der Waals surface area contributed by atoms with Crippen molar-refractivity contribution >= 4 is 25.5 Å². The number of hydrogen-bond acceptors (Lipinski definition) is 11. The topological polar surface area (TPSA) is 186 Å². The SMILES string of the molecule is CCCCCCCC/C=C\CCCCCCCCCCCCCC(=O)OC[C@H](COP(=O)(O)OCC[N+](C)(C)C)OC(=O)CCCCC(=O)C[C@@H]1[C@@H](/C=C/[C@@H](O)CCCCC)[C@H](O)C[C@@H]1O. The van der Waals surface area contributed by atoms with Gasteiger partial charge >= 0.3 is 19.8 Å². The van der Waals surface area contributed by atoms with E-state index >= 15 is 0 Å². The van der Waals surface area contributed by atoms with Crippen LogP contribution in [0.4, 0.5) is 0 Å². The number of phosphoric acid groups is 1. The van der Waals surface area contributed by atoms with Crippen molar-refractivity contribution in [1.82, 2.24) is 0 Å². The van der Waals surface area contributed by atoms with Crippen molar-refractivity contribution in [2.24, 2.45) is 11.8 Å². The second-order valence-electron chi connectivity index (χ2n) is 19.9. The smallest absolute Gasteiger partial charge is 0.462 e. The lowest BCUT2D eigenvalue weighted by Gasteiger charge is -2.24. The molecule has 1 rings (SSSR count). The predicted molar refractivity (Wildman–Crippen MR) is 264 cm³/mol. The highest BCUT2D eigenvalue weighted by Gasteiger charge is 2.41. The summed E-state index contributed by atoms with van der Waals surface area (Å²) in [6.45, 7) is 3.90. The lowest BCUT2D eigenvalue weighted by Crippen LogP contribution is -2.37. The van der Waals surface area contributed by atoms with Gasteiger partial charge in [0, 0.05) is 43.9 Å². The van der Waals surface area contributed by atoms with Crippen LogP contribution >= 0.6 is 7.82 Å². The number of likely N-dealkylation sites (N-methyl/N-ethyl adjacent to an activating group) is 1. The van der Waals surface area contributed by atoms with E-state index in [2.05, 4.69) is 26.0 Å². The zero-order valence-electron chi connectivity index (χ0n) is 42.3. The number of nitrogens with zero attached hydrogens (tertiary/aromatic N) is 1. The Morgan fingerprint density at radius 3 is 1.77 bits per heavy atom. The number of carbonyl (C=O) groups excluding carboxylic acids is 3. The molecule has 0 aliphatic heterocycles. The van der Waals surface area contributed by atoms with Crippen LogP contribution in [0.5, 0.6) is 0 Å². The molecule has 0 aromatic rings. The zero-order valence-corrected chi connectivity index (χ0v) is 43.2. The fourth-order valence-corrected chi connectivity index (χ4v) is 8.98. The average molecular weight is 959 g/mol. The van der Waals surface area contributed by atoms with Gasteiger partial charge < -0.3 is 34.2 Å². The molecule has 4 N–H and O–H groups in total. The van der Waals surface area contributed by atoms with Crippen LogP contribution in [0, 0.1) is 11.8 Å². The molecule has 0 radical (unpaired) electrons. The van der Waals surface area contributed by atoms with E-state index in [0.717, 1.165) is 38.5 Å². The number of quaternary nitrogens is 1. The average Bonchev–Trinajstić information content (AvgIpc) is 3.52. The van der Waals surface area contributed by atoms with E-state index in [9.17, 15) is 39.2 Å². The molecular weight excluding hydrogens is 862 g/mol. The van der Waals surface area contributed by atoms with Gasteiger partial charge in [0.05, 0.1) is 46.1 Å². The van der Waals surface area contributed by atoms with E-state index in [4.69, 9.17) is 18.5 Å². The summed E-state index contributed by atoms with van der Waals surface area (Å²) in [6.07, 6.45) is 32.8. The molecule has 0 bridgehead atoms. The van der Waals surface area contributed by atoms with Crippen molar-refractivity contribution in [1.29, 1.82) is 0 Å². The third-order valence-electron chi connectivity index (χ3n) is 12.4. The summed E-state index contributed by atoms with van der Waals surface area (Å²) in [5.41, 5.74) is 0. The maximum atomic E-state index is 12.9. The van der Waals surface area contributed by atoms with Gasteiger partial charge in [-0.25, -0.2) is 4.57 Å². The van der Waals surface area contributed by atoms with Gasteiger partial charge in [-0.2, -0.15) is 0 Å². The summed E-state index contributed by atoms with van der Waals surface area (Å²) < 4.78 is 34.3. The minimum Gasteiger partial charge on any atom is -0.462 e. The Bertz CT molecular complexity index is 1350. The van der Waals surface area contributed by atoms with Gasteiger partial charge in [-0.15, -0.1) is 0 Å². The molecule has 0 amide bonds. The van der Waals surface area contributed by atoms with Crippen LogP contribution in [-0.2, 0) is 37.5 Å². The van der Waals surface area contributed by atoms with E-state index in [0.29, 0.717) is 36.7 Å². The molecular formula is C52H97NO12P+. The molecule has 13 nitrogen and oxygen atoms in total. The van der Waals surface area contributed by atoms with Crippen molar-refractivity contribution in [3.05, 3.63) is 24.3 Å². The first-order valence-electron chi connectivity index (χ1n) is 26.2. The number of aliphatic hydroxyl groups is 3. The summed E-state index contributed by atoms with van der Waals surface area (Å²) in [5, 5.41) is 31.4. The van der Waals surface area contributed by atoms with Crippen LogP contribution in [0.25, 0.3) is 0 Å². The van der Waals surface area contributed by atoms with Gasteiger partial charge in [-0.3, -0.25) is 23.4 Å². The van der Waals surface area contributed by atoms with E-state index in [1.54, 1.807) is 12.2 Å². The van der Waals surface area contributed by atoms with Crippen LogP contribution in [-0.4, -0.2) is 114 Å². The number of Topliss-reactive ketones (excluding diaryl/α,β-unsaturated/α-hetero) is 1. The van der Waals surface area contributed by atoms with Crippen LogP contribution in [0.1, 0.15) is 206 Å². The molecule has 66 heavy (non-hydrogen) atoms. The molecule has 0 aromatic carbocycles. The van der Waals surface area contributed by atoms with Crippen molar-refractivity contribution in [2.75, 3.05) is 47.5 Å². The molecule has 0 saturated heterocycles. The highest BCUT2D eigenvalue weighted by atomic mass is 31.2. The maximum Gasteiger partial charge on any atom is 0.472 e. The molecule has 1 fully saturated rings. The summed E-state index contributed by atoms with van der Waals surface area (Å²) in [7, 11) is 1.25. The van der Waals surface area contributed by atoms with E-state index in [1.165, 1.54) is 96.3 Å². The van der Waals surface area contributed by atoms with Crippen LogP contribution in [0.3, 0.4) is 0 Å². The predicted octanol–water partition coefficient (Wildman–Crippen LogP) is 11.0. The molecule has 386 valence electrons. The fraction of sp³-hybridized carbons (Fsp3) is 0.865. The molecule has 1 aliphatic rings. The van der Waals surface area contributed by atoms with Gasteiger partial charge in [0.15, 0.2) is 6.10 Å². The summed E-state index contributed by atoms with van der Waals surface area (Å²) >= 11 is 0. The normalized spacial score (nSPS) is 19.7. The van der Waals surface area contributed by atoms with Gasteiger partial charge in [0.1, 0.15) is 25.5 Å². The minimum atomic E-state index is -4.48. The Balaban J connectivity index is 2.41. The van der Waals surface area contributed by atoms with Gasteiger partial charge in [-0.1, -0.05) is 147 Å². The number of rotatable bonds is 44. The molecule has 1 saturated carbocycles. The van der Waals surface area contributed by atoms with Crippen LogP contribution < -0.4 is 0 Å². The third-order valence-corrected chi connectivity index (χ3v) is 13.4. The first-order valence-corrected chi connectivity index (χ1v) is 27.7. The third kappa shape index (κ3) is 35.2. The quantitative estimate of drug-likeness (QED) is 0.0149. The number of ether oxygens (including phenoxy) is 2. The summed E-state index contributed by atoms with van der Waals surface area (Å²) in [5.74, 6) is -2.08. The van der Waals surface area contributed by atoms with Crippen molar-refractivity contribution in [3.8, 4) is 0 Å². The molecule has 0 aromatic heterocycles. The number of phosphoric ester groups is 1. The highest BCUT2D eigenvalue weighted by molar-refractivity contribution is 7.47. The van der Waals surface area contributed by atoms with Crippen molar-refractivity contribution in [3.63, 3.8) is 0 Å². The molecule has 7 atom stereocenters. The number of allylic oxidation sites excluding steroid dienone is 2. The molecule has 0 heterocycles. The van der Waals surface area contributed by atoms with Crippen molar-refractivity contribution in [2.45, 2.75) is 231 Å². The van der Waals surface area contributed by atoms with E-state index < -0.39 is 62.6 Å². The van der Waals surface area contributed by atoms with Gasteiger partial charge in [0.25, 0.3) is 0 Å². The number of ketones is 1. The minimum absolute atomic E-state index is 0.0347. The highest BCUT2D eigenvalue weighted by Crippen LogP contribution is 2.43. The van der Waals surface area contributed by atoms with Gasteiger partial charge in [0.2, 0.25) is 0 Å². The monoisotopic (exact) mass is 959 g/mol. The van der Waals surface area contributed by atoms with Crippen LogP contribution in [0.15, 0.2) is 24.3 Å². The Hall–Kier alpha value is -1.96. The summed E-state index contributed by atoms with van der Waals surface area (Å²) in [6, 6.07) is 0. The number of carbonyl (C=O) groups is 3. The molecule has 1 aliphatic carbocycles. The molecule has 14 heteroatoms. The summed E-state index contributed by atoms with van der Waals surface area (Å²) in [4.78, 5) is 48.7. The Morgan fingerprint density at radius 1 is 0.667 bits per heavy atom. The Labute approximate surface area is 401 Å². The maximum absolute atomic E-state index is 12.9. The zero-order chi connectivity index (χ0) is 48.9. The first kappa shape index (κ1) is 62.1. The Morgan fingerprint density at radius 2 is 1.18 bits per heavy atom. The number of aliphatic hydroxyl groups excluding tert-OH is 3. The number of esters is 2. The van der Waals surface area contributed by atoms with E-state index in [1.807, 2.05) is 21.1 Å². The lowest BCUT2D eigenvalue weighted by molar-refractivity contribution is -0.870. The lowest BCUT2D eigenvalue weighted by atomic mass is 9.87. The number of unbranched alkanes of at least 4 members (excludes halogenated alkanes) is 20. The first-order chi connectivity index (χ1) is 31.6. The van der Waals surface area contributed by atoms with Crippen molar-refractivity contribution < 1.29 is 62.2 Å². The van der Waals surface area contributed by atoms with E-state index in [-0.39, 0.29) is 51.1 Å².